The van der Waals surface area contributed by atoms with Crippen LogP contribution in [-0.2, 0) is 16.1 Å². The number of carbonyl (C=O) groups is 1. The van der Waals surface area contributed by atoms with Gasteiger partial charge in [0.25, 0.3) is 0 Å². The largest absolute Gasteiger partial charge is 0.469 e. The molecule has 0 amide bonds. The van der Waals surface area contributed by atoms with Crippen molar-refractivity contribution in [2.45, 2.75) is 13.5 Å². The van der Waals surface area contributed by atoms with Crippen LogP contribution in [0.2, 0.25) is 0 Å². The first-order valence-electron chi connectivity index (χ1n) is 6.95. The quantitative estimate of drug-likeness (QED) is 0.764. The van der Waals surface area contributed by atoms with Crippen LogP contribution in [0.5, 0.6) is 0 Å². The highest BCUT2D eigenvalue weighted by molar-refractivity contribution is 5.72. The SMILES string of the molecule is COC(=O)C(C)CN(C)Cc1ccc(-n2cccn2)cc1. The molecular formula is C16H21N3O2. The lowest BCUT2D eigenvalue weighted by molar-refractivity contribution is -0.145. The number of aromatic nitrogens is 2. The summed E-state index contributed by atoms with van der Waals surface area (Å²) in [6.45, 7) is 3.34. The molecule has 5 nitrogen and oxygen atoms in total. The summed E-state index contributed by atoms with van der Waals surface area (Å²) in [5.41, 5.74) is 2.24. The van der Waals surface area contributed by atoms with E-state index >= 15 is 0 Å². The third-order valence-electron chi connectivity index (χ3n) is 3.35. The molecule has 1 unspecified atom stereocenters. The van der Waals surface area contributed by atoms with Crippen LogP contribution in [0, 0.1) is 5.92 Å². The number of hydrogen-bond donors (Lipinski definition) is 0. The first kappa shape index (κ1) is 15.3. The van der Waals surface area contributed by atoms with Gasteiger partial charge in [-0.05, 0) is 30.8 Å². The summed E-state index contributed by atoms with van der Waals surface area (Å²) in [5.74, 6) is -0.292. The number of benzene rings is 1. The van der Waals surface area contributed by atoms with Gasteiger partial charge in [0.05, 0.1) is 18.7 Å². The summed E-state index contributed by atoms with van der Waals surface area (Å²) < 4.78 is 6.57. The fourth-order valence-electron chi connectivity index (χ4n) is 2.30. The Hall–Kier alpha value is -2.14. The van der Waals surface area contributed by atoms with E-state index in [1.54, 1.807) is 6.20 Å². The zero-order valence-electron chi connectivity index (χ0n) is 12.7. The minimum absolute atomic E-state index is 0.122. The summed E-state index contributed by atoms with van der Waals surface area (Å²) in [4.78, 5) is 13.5. The Bertz CT molecular complexity index is 564. The van der Waals surface area contributed by atoms with E-state index in [-0.39, 0.29) is 11.9 Å². The zero-order valence-corrected chi connectivity index (χ0v) is 12.7. The molecule has 0 radical (unpaired) electrons. The van der Waals surface area contributed by atoms with Crippen LogP contribution in [0.1, 0.15) is 12.5 Å². The summed E-state index contributed by atoms with van der Waals surface area (Å²) in [5, 5.41) is 4.20. The lowest BCUT2D eigenvalue weighted by Crippen LogP contribution is -2.29. The van der Waals surface area contributed by atoms with E-state index in [4.69, 9.17) is 4.74 Å². The van der Waals surface area contributed by atoms with Crippen molar-refractivity contribution >= 4 is 5.97 Å². The van der Waals surface area contributed by atoms with Gasteiger partial charge in [-0.15, -0.1) is 0 Å². The Balaban J connectivity index is 1.92. The molecule has 0 aliphatic rings. The maximum Gasteiger partial charge on any atom is 0.309 e. The van der Waals surface area contributed by atoms with Crippen molar-refractivity contribution in [2.24, 2.45) is 5.92 Å². The van der Waals surface area contributed by atoms with Crippen molar-refractivity contribution < 1.29 is 9.53 Å². The highest BCUT2D eigenvalue weighted by Gasteiger charge is 2.15. The number of ether oxygens (including phenoxy) is 1. The Kier molecular flexibility index (Phi) is 5.11. The molecule has 0 aliphatic carbocycles. The van der Waals surface area contributed by atoms with Gasteiger partial charge in [-0.25, -0.2) is 4.68 Å². The molecule has 0 fully saturated rings. The fourth-order valence-corrected chi connectivity index (χ4v) is 2.30. The van der Waals surface area contributed by atoms with E-state index in [0.717, 1.165) is 12.2 Å². The number of nitrogens with zero attached hydrogens (tertiary/aromatic N) is 3. The van der Waals surface area contributed by atoms with Crippen molar-refractivity contribution in [3.8, 4) is 5.69 Å². The smallest absolute Gasteiger partial charge is 0.309 e. The van der Waals surface area contributed by atoms with Gasteiger partial charge in [0, 0.05) is 25.5 Å². The predicted octanol–water partition coefficient (Wildman–Crippen LogP) is 2.11. The molecule has 1 heterocycles. The van der Waals surface area contributed by atoms with Gasteiger partial charge in [-0.2, -0.15) is 5.10 Å². The number of carbonyl (C=O) groups excluding carboxylic acids is 1. The zero-order chi connectivity index (χ0) is 15.2. The molecule has 0 N–H and O–H groups in total. The molecule has 2 aromatic rings. The standard InChI is InChI=1S/C16H21N3O2/c1-13(16(20)21-3)11-18(2)12-14-5-7-15(8-6-14)19-10-4-9-17-19/h4-10,13H,11-12H2,1-3H3. The van der Waals surface area contributed by atoms with Crippen LogP contribution in [0.3, 0.4) is 0 Å². The van der Waals surface area contributed by atoms with Crippen LogP contribution < -0.4 is 0 Å². The minimum atomic E-state index is -0.170. The van der Waals surface area contributed by atoms with Crippen LogP contribution in [0.15, 0.2) is 42.7 Å². The monoisotopic (exact) mass is 287 g/mol. The van der Waals surface area contributed by atoms with Crippen molar-refractivity contribution in [3.63, 3.8) is 0 Å². The Labute approximate surface area is 125 Å². The van der Waals surface area contributed by atoms with Gasteiger partial charge in [0.1, 0.15) is 0 Å². The van der Waals surface area contributed by atoms with Gasteiger partial charge in [0.15, 0.2) is 0 Å². The third kappa shape index (κ3) is 4.16. The second kappa shape index (κ2) is 7.04. The second-order valence-electron chi connectivity index (χ2n) is 5.24. The van der Waals surface area contributed by atoms with Crippen molar-refractivity contribution in [2.75, 3.05) is 20.7 Å². The van der Waals surface area contributed by atoms with E-state index in [9.17, 15) is 4.79 Å². The first-order valence-corrected chi connectivity index (χ1v) is 6.95. The number of rotatable bonds is 6. The molecule has 1 aromatic heterocycles. The maximum atomic E-state index is 11.4. The van der Waals surface area contributed by atoms with Gasteiger partial charge < -0.3 is 9.64 Å². The Morgan fingerprint density at radius 3 is 2.67 bits per heavy atom. The van der Waals surface area contributed by atoms with E-state index in [1.807, 2.05) is 43.0 Å². The Morgan fingerprint density at radius 2 is 2.10 bits per heavy atom. The van der Waals surface area contributed by atoms with Gasteiger partial charge in [-0.3, -0.25) is 4.79 Å². The number of esters is 1. The topological polar surface area (TPSA) is 47.4 Å². The number of methoxy groups -OCH3 is 1. The third-order valence-corrected chi connectivity index (χ3v) is 3.35. The van der Waals surface area contributed by atoms with Crippen LogP contribution in [0.4, 0.5) is 0 Å². The van der Waals surface area contributed by atoms with Crippen LogP contribution >= 0.6 is 0 Å². The molecule has 1 atom stereocenters. The lowest BCUT2D eigenvalue weighted by atomic mass is 10.1. The van der Waals surface area contributed by atoms with Crippen molar-refractivity contribution in [1.29, 1.82) is 0 Å². The first-order chi connectivity index (χ1) is 10.1. The van der Waals surface area contributed by atoms with Crippen molar-refractivity contribution in [3.05, 3.63) is 48.3 Å². The molecule has 112 valence electrons. The molecule has 2 rings (SSSR count). The summed E-state index contributed by atoms with van der Waals surface area (Å²) in [6, 6.07) is 10.1. The average Bonchev–Trinajstić information content (AvgIpc) is 3.01. The molecule has 21 heavy (non-hydrogen) atoms. The molecule has 5 heteroatoms. The van der Waals surface area contributed by atoms with Gasteiger partial charge >= 0.3 is 5.97 Å². The minimum Gasteiger partial charge on any atom is -0.469 e. The normalized spacial score (nSPS) is 12.4. The molecule has 0 saturated heterocycles. The second-order valence-corrected chi connectivity index (χ2v) is 5.24. The molecule has 0 bridgehead atoms. The summed E-state index contributed by atoms with van der Waals surface area (Å²) in [6.07, 6.45) is 3.68. The maximum absolute atomic E-state index is 11.4. The highest BCUT2D eigenvalue weighted by atomic mass is 16.5. The highest BCUT2D eigenvalue weighted by Crippen LogP contribution is 2.11. The van der Waals surface area contributed by atoms with Crippen LogP contribution in [-0.4, -0.2) is 41.4 Å². The van der Waals surface area contributed by atoms with E-state index < -0.39 is 0 Å². The van der Waals surface area contributed by atoms with Crippen molar-refractivity contribution in [1.82, 2.24) is 14.7 Å². The summed E-state index contributed by atoms with van der Waals surface area (Å²) in [7, 11) is 3.42. The lowest BCUT2D eigenvalue weighted by Gasteiger charge is -2.20. The molecule has 0 spiro atoms. The fraction of sp³-hybridized carbons (Fsp3) is 0.375. The van der Waals surface area contributed by atoms with Crippen LogP contribution in [0.25, 0.3) is 5.69 Å². The summed E-state index contributed by atoms with van der Waals surface area (Å²) >= 11 is 0. The molecule has 0 aliphatic heterocycles. The molecule has 1 aromatic carbocycles. The Morgan fingerprint density at radius 1 is 1.38 bits per heavy atom. The predicted molar refractivity (Wildman–Crippen MR) is 81.1 cm³/mol. The van der Waals surface area contributed by atoms with E-state index in [2.05, 4.69) is 22.1 Å². The van der Waals surface area contributed by atoms with E-state index in [1.165, 1.54) is 12.7 Å². The average molecular weight is 287 g/mol. The molecular weight excluding hydrogens is 266 g/mol. The van der Waals surface area contributed by atoms with Gasteiger partial charge in [0.2, 0.25) is 0 Å². The van der Waals surface area contributed by atoms with E-state index in [0.29, 0.717) is 6.54 Å². The van der Waals surface area contributed by atoms with Gasteiger partial charge in [-0.1, -0.05) is 19.1 Å². The molecule has 0 saturated carbocycles. The number of hydrogen-bond acceptors (Lipinski definition) is 4.